The summed E-state index contributed by atoms with van der Waals surface area (Å²) in [4.78, 5) is 0. The van der Waals surface area contributed by atoms with Gasteiger partial charge in [0.1, 0.15) is 11.6 Å². The van der Waals surface area contributed by atoms with E-state index >= 15 is 0 Å². The average Bonchev–Trinajstić information content (AvgIpc) is 3.05. The molecule has 2 aromatic carbocycles. The van der Waals surface area contributed by atoms with Gasteiger partial charge < -0.3 is 10.5 Å². The molecule has 3 aromatic rings. The molecule has 0 amide bonds. The molecule has 0 saturated carbocycles. The first kappa shape index (κ1) is 15.5. The van der Waals surface area contributed by atoms with Gasteiger partial charge in [-0.2, -0.15) is 5.26 Å². The topological polar surface area (TPSA) is 87.7 Å². The number of nitrogens with one attached hydrogen (secondary N) is 1. The third-order valence-electron chi connectivity index (χ3n) is 4.22. The normalized spacial score (nSPS) is 16.1. The summed E-state index contributed by atoms with van der Waals surface area (Å²) in [7, 11) is 0. The van der Waals surface area contributed by atoms with Crippen LogP contribution in [-0.2, 0) is 0 Å². The molecule has 1 aromatic heterocycles. The van der Waals surface area contributed by atoms with Gasteiger partial charge in [0, 0.05) is 4.47 Å². The van der Waals surface area contributed by atoms with E-state index in [0.29, 0.717) is 11.5 Å². The Morgan fingerprint density at radius 1 is 1.12 bits per heavy atom. The highest BCUT2D eigenvalue weighted by Crippen LogP contribution is 2.47. The quantitative estimate of drug-likeness (QED) is 0.688. The van der Waals surface area contributed by atoms with E-state index in [1.807, 2.05) is 54.6 Å². The maximum atomic E-state index is 9.69. The molecular weight excluding hydrogens is 380 g/mol. The van der Waals surface area contributed by atoms with Gasteiger partial charge in [0.05, 0.1) is 17.2 Å². The van der Waals surface area contributed by atoms with Crippen molar-refractivity contribution < 1.29 is 4.74 Å². The predicted octanol–water partition coefficient (Wildman–Crippen LogP) is 4.06. The largest absolute Gasteiger partial charge is 0.420 e. The van der Waals surface area contributed by atoms with Gasteiger partial charge in [-0.05, 0) is 17.2 Å². The van der Waals surface area contributed by atoms with Gasteiger partial charge in [-0.15, -0.1) is 5.10 Å². The molecule has 2 heterocycles. The van der Waals surface area contributed by atoms with Crippen LogP contribution in [-0.4, -0.2) is 10.2 Å². The minimum absolute atomic E-state index is 0.0851. The first-order valence-electron chi connectivity index (χ1n) is 7.66. The van der Waals surface area contributed by atoms with Crippen molar-refractivity contribution in [3.05, 3.63) is 81.7 Å². The molecule has 0 saturated heterocycles. The van der Waals surface area contributed by atoms with Crippen LogP contribution in [0, 0.1) is 11.3 Å². The maximum absolute atomic E-state index is 9.69. The minimum atomic E-state index is -0.363. The molecule has 1 aliphatic heterocycles. The molecule has 1 atom stereocenters. The van der Waals surface area contributed by atoms with Crippen molar-refractivity contribution in [2.24, 2.45) is 5.73 Å². The molecule has 4 rings (SSSR count). The van der Waals surface area contributed by atoms with Crippen LogP contribution >= 0.6 is 15.9 Å². The van der Waals surface area contributed by atoms with Crippen LogP contribution < -0.4 is 10.5 Å². The van der Waals surface area contributed by atoms with Crippen LogP contribution in [0.2, 0.25) is 0 Å². The number of halogens is 1. The summed E-state index contributed by atoms with van der Waals surface area (Å²) >= 11 is 3.59. The van der Waals surface area contributed by atoms with Crippen molar-refractivity contribution >= 4 is 15.9 Å². The van der Waals surface area contributed by atoms with Crippen LogP contribution in [0.1, 0.15) is 17.0 Å². The Bertz CT molecular complexity index is 1020. The Hall–Kier alpha value is -3.04. The molecule has 3 N–H and O–H groups in total. The van der Waals surface area contributed by atoms with Gasteiger partial charge >= 0.3 is 0 Å². The fraction of sp³-hybridized carbons (Fsp3) is 0.0526. The van der Waals surface area contributed by atoms with Gasteiger partial charge in [0.25, 0.3) is 0 Å². The summed E-state index contributed by atoms with van der Waals surface area (Å²) in [5.41, 5.74) is 9.90. The molecule has 6 heteroatoms. The van der Waals surface area contributed by atoms with E-state index in [2.05, 4.69) is 32.2 Å². The van der Waals surface area contributed by atoms with E-state index in [4.69, 9.17) is 10.5 Å². The third-order valence-corrected chi connectivity index (χ3v) is 4.94. The van der Waals surface area contributed by atoms with Crippen LogP contribution in [0.3, 0.4) is 0 Å². The number of nitrogens with zero attached hydrogens (tertiary/aromatic N) is 2. The molecule has 0 spiro atoms. The summed E-state index contributed by atoms with van der Waals surface area (Å²) in [6.07, 6.45) is 0. The van der Waals surface area contributed by atoms with E-state index in [9.17, 15) is 5.26 Å². The molecule has 5 nitrogen and oxygen atoms in total. The number of hydrogen-bond donors (Lipinski definition) is 2. The summed E-state index contributed by atoms with van der Waals surface area (Å²) in [5.74, 6) is 0.122. The van der Waals surface area contributed by atoms with Gasteiger partial charge in [-0.1, -0.05) is 64.5 Å². The van der Waals surface area contributed by atoms with Gasteiger partial charge in [0.15, 0.2) is 0 Å². The second-order valence-corrected chi connectivity index (χ2v) is 6.48. The number of rotatable bonds is 2. The lowest BCUT2D eigenvalue weighted by Gasteiger charge is -2.24. The summed E-state index contributed by atoms with van der Waals surface area (Å²) < 4.78 is 6.50. The molecule has 0 bridgehead atoms. The second-order valence-electron chi connectivity index (χ2n) is 5.63. The Morgan fingerprint density at radius 3 is 2.56 bits per heavy atom. The lowest BCUT2D eigenvalue weighted by atomic mass is 9.83. The molecule has 0 unspecified atom stereocenters. The first-order chi connectivity index (χ1) is 12.2. The zero-order chi connectivity index (χ0) is 17.4. The lowest BCUT2D eigenvalue weighted by molar-refractivity contribution is 0.379. The summed E-state index contributed by atoms with van der Waals surface area (Å²) in [6, 6.07) is 19.8. The highest BCUT2D eigenvalue weighted by atomic mass is 79.9. The third kappa shape index (κ3) is 2.49. The molecule has 1 aliphatic rings. The van der Waals surface area contributed by atoms with Crippen molar-refractivity contribution in [2.75, 3.05) is 0 Å². The first-order valence-corrected chi connectivity index (χ1v) is 8.45. The van der Waals surface area contributed by atoms with Crippen LogP contribution in [0.5, 0.6) is 5.88 Å². The Labute approximate surface area is 152 Å². The number of H-pyrrole nitrogens is 1. The van der Waals surface area contributed by atoms with Crippen molar-refractivity contribution in [1.82, 2.24) is 10.2 Å². The number of nitrogens with two attached hydrogens (primary N) is 1. The van der Waals surface area contributed by atoms with Crippen molar-refractivity contribution in [1.29, 1.82) is 5.26 Å². The fourth-order valence-electron chi connectivity index (χ4n) is 3.09. The van der Waals surface area contributed by atoms with Gasteiger partial charge in [0.2, 0.25) is 11.8 Å². The van der Waals surface area contributed by atoms with E-state index in [0.717, 1.165) is 26.9 Å². The fourth-order valence-corrected chi connectivity index (χ4v) is 3.60. The highest BCUT2D eigenvalue weighted by molar-refractivity contribution is 9.10. The Morgan fingerprint density at radius 2 is 1.84 bits per heavy atom. The zero-order valence-electron chi connectivity index (χ0n) is 13.0. The molecule has 0 aliphatic carbocycles. The van der Waals surface area contributed by atoms with Crippen LogP contribution in [0.4, 0.5) is 0 Å². The van der Waals surface area contributed by atoms with E-state index in [1.165, 1.54) is 0 Å². The Balaban J connectivity index is 1.99. The standard InChI is InChI=1S/C19H13BrN4O/c20-14-9-5-4-8-12(14)15-13(10-21)18(22)25-19-16(15)17(23-24-19)11-6-2-1-3-7-11/h1-9,15H,22H2,(H,23,24)/t15-/m0/s1. The molecular formula is C19H13BrN4O. The minimum Gasteiger partial charge on any atom is -0.420 e. The number of aromatic nitrogens is 2. The number of aromatic amines is 1. The number of fused-ring (bicyclic) bond motifs is 1. The van der Waals surface area contributed by atoms with Crippen molar-refractivity contribution in [3.8, 4) is 23.2 Å². The number of benzene rings is 2. The average molecular weight is 393 g/mol. The SMILES string of the molecule is N#CC1=C(N)Oc2n[nH]c(-c3ccccc3)c2[C@H]1c1ccccc1Br. The summed E-state index contributed by atoms with van der Waals surface area (Å²) in [5, 5.41) is 17.0. The monoisotopic (exact) mass is 392 g/mol. The van der Waals surface area contributed by atoms with Crippen molar-refractivity contribution in [3.63, 3.8) is 0 Å². The predicted molar refractivity (Wildman–Crippen MR) is 97.5 cm³/mol. The number of nitriles is 1. The number of ether oxygens (including phenoxy) is 1. The molecule has 25 heavy (non-hydrogen) atoms. The number of allylic oxidation sites excluding steroid dienone is 1. The Kier molecular flexibility index (Phi) is 3.79. The molecule has 0 fully saturated rings. The molecule has 122 valence electrons. The van der Waals surface area contributed by atoms with Crippen LogP contribution in [0.25, 0.3) is 11.3 Å². The second kappa shape index (κ2) is 6.11. The zero-order valence-corrected chi connectivity index (χ0v) is 14.6. The smallest absolute Gasteiger partial charge is 0.244 e. The van der Waals surface area contributed by atoms with Gasteiger partial charge in [-0.3, -0.25) is 5.10 Å². The van der Waals surface area contributed by atoms with Crippen LogP contribution in [0.15, 0.2) is 70.5 Å². The van der Waals surface area contributed by atoms with E-state index in [-0.39, 0.29) is 11.8 Å². The van der Waals surface area contributed by atoms with E-state index < -0.39 is 0 Å². The summed E-state index contributed by atoms with van der Waals surface area (Å²) in [6.45, 7) is 0. The van der Waals surface area contributed by atoms with Crippen molar-refractivity contribution in [2.45, 2.75) is 5.92 Å². The maximum Gasteiger partial charge on any atom is 0.244 e. The lowest BCUT2D eigenvalue weighted by Crippen LogP contribution is -2.21. The van der Waals surface area contributed by atoms with Gasteiger partial charge in [-0.25, -0.2) is 0 Å². The van der Waals surface area contributed by atoms with E-state index in [1.54, 1.807) is 0 Å². The number of hydrogen-bond acceptors (Lipinski definition) is 4. The molecule has 0 radical (unpaired) electrons. The highest BCUT2D eigenvalue weighted by Gasteiger charge is 2.36.